The summed E-state index contributed by atoms with van der Waals surface area (Å²) in [4.78, 5) is 3.10. The highest BCUT2D eigenvalue weighted by Gasteiger charge is 2.08. The van der Waals surface area contributed by atoms with Gasteiger partial charge in [-0.15, -0.1) is 0 Å². The van der Waals surface area contributed by atoms with Gasteiger partial charge in [0.2, 0.25) is 0 Å². The smallest absolute Gasteiger partial charge is 0.0846 e. The molecule has 2 aromatic rings. The standard InChI is InChI=1S/C10H10ClNO/c1-6-3-2-4-7-9(11)8(5-13)12-10(6)7/h2-4,12-13H,5H2,1H3. The van der Waals surface area contributed by atoms with Crippen LogP contribution in [-0.2, 0) is 6.61 Å². The zero-order valence-electron chi connectivity index (χ0n) is 7.26. The normalized spacial score (nSPS) is 11.0. The molecule has 3 heteroatoms. The van der Waals surface area contributed by atoms with E-state index >= 15 is 0 Å². The molecule has 0 fully saturated rings. The molecule has 0 bridgehead atoms. The van der Waals surface area contributed by atoms with E-state index in [1.54, 1.807) is 0 Å². The van der Waals surface area contributed by atoms with Crippen molar-refractivity contribution in [3.05, 3.63) is 34.5 Å². The van der Waals surface area contributed by atoms with E-state index in [2.05, 4.69) is 4.98 Å². The van der Waals surface area contributed by atoms with Crippen LogP contribution < -0.4 is 0 Å². The minimum absolute atomic E-state index is 0.0487. The van der Waals surface area contributed by atoms with E-state index in [1.807, 2.05) is 25.1 Å². The monoisotopic (exact) mass is 195 g/mol. The fourth-order valence-electron chi connectivity index (χ4n) is 1.49. The summed E-state index contributed by atoms with van der Waals surface area (Å²) in [5.41, 5.74) is 2.83. The molecule has 1 heterocycles. The maximum Gasteiger partial charge on any atom is 0.0846 e. The predicted molar refractivity (Wildman–Crippen MR) is 54.0 cm³/mol. The van der Waals surface area contributed by atoms with Gasteiger partial charge in [-0.3, -0.25) is 0 Å². The van der Waals surface area contributed by atoms with Crippen LogP contribution in [0.4, 0.5) is 0 Å². The summed E-state index contributed by atoms with van der Waals surface area (Å²) in [6, 6.07) is 5.91. The molecular weight excluding hydrogens is 186 g/mol. The fourth-order valence-corrected chi connectivity index (χ4v) is 1.76. The second-order valence-corrected chi connectivity index (χ2v) is 3.45. The lowest BCUT2D eigenvalue weighted by atomic mass is 10.2. The first-order chi connectivity index (χ1) is 6.24. The molecule has 1 aromatic heterocycles. The van der Waals surface area contributed by atoms with Crippen molar-refractivity contribution in [2.75, 3.05) is 0 Å². The molecule has 0 spiro atoms. The molecule has 0 atom stereocenters. The van der Waals surface area contributed by atoms with Crippen molar-refractivity contribution < 1.29 is 5.11 Å². The number of aliphatic hydroxyl groups excluding tert-OH is 1. The average Bonchev–Trinajstić information content (AvgIpc) is 2.45. The molecular formula is C10H10ClNO. The first-order valence-electron chi connectivity index (χ1n) is 4.10. The zero-order valence-corrected chi connectivity index (χ0v) is 8.02. The molecule has 2 rings (SSSR count). The number of benzene rings is 1. The molecule has 0 saturated heterocycles. The van der Waals surface area contributed by atoms with Crippen LogP contribution in [0.15, 0.2) is 18.2 Å². The molecule has 0 aliphatic rings. The Balaban J connectivity index is 2.83. The lowest BCUT2D eigenvalue weighted by molar-refractivity contribution is 0.278. The topological polar surface area (TPSA) is 36.0 Å². The third-order valence-corrected chi connectivity index (χ3v) is 2.64. The number of hydrogen-bond acceptors (Lipinski definition) is 1. The van der Waals surface area contributed by atoms with Gasteiger partial charge in [-0.2, -0.15) is 0 Å². The molecule has 0 amide bonds. The Kier molecular flexibility index (Phi) is 2.02. The number of H-pyrrole nitrogens is 1. The van der Waals surface area contributed by atoms with E-state index in [0.29, 0.717) is 10.7 Å². The SMILES string of the molecule is Cc1cccc2c(Cl)c(CO)[nH]c12. The lowest BCUT2D eigenvalue weighted by Crippen LogP contribution is -1.81. The summed E-state index contributed by atoms with van der Waals surface area (Å²) in [7, 11) is 0. The van der Waals surface area contributed by atoms with Gasteiger partial charge in [0.1, 0.15) is 0 Å². The second-order valence-electron chi connectivity index (χ2n) is 3.07. The van der Waals surface area contributed by atoms with E-state index < -0.39 is 0 Å². The van der Waals surface area contributed by atoms with E-state index in [0.717, 1.165) is 16.5 Å². The summed E-state index contributed by atoms with van der Waals surface area (Å²) >= 11 is 6.04. The molecule has 1 aromatic carbocycles. The van der Waals surface area contributed by atoms with E-state index in [-0.39, 0.29) is 6.61 Å². The largest absolute Gasteiger partial charge is 0.390 e. The fraction of sp³-hybridized carbons (Fsp3) is 0.200. The Morgan fingerprint density at radius 3 is 2.85 bits per heavy atom. The Labute approximate surface area is 81.1 Å². The number of nitrogens with one attached hydrogen (secondary N) is 1. The number of para-hydroxylation sites is 1. The van der Waals surface area contributed by atoms with Crippen LogP contribution in [0.1, 0.15) is 11.3 Å². The first-order valence-corrected chi connectivity index (χ1v) is 4.48. The van der Waals surface area contributed by atoms with Crippen molar-refractivity contribution >= 4 is 22.5 Å². The molecule has 2 nitrogen and oxygen atoms in total. The van der Waals surface area contributed by atoms with Crippen molar-refractivity contribution in [1.29, 1.82) is 0 Å². The van der Waals surface area contributed by atoms with Crippen LogP contribution in [0.3, 0.4) is 0 Å². The van der Waals surface area contributed by atoms with Gasteiger partial charge < -0.3 is 10.1 Å². The van der Waals surface area contributed by atoms with Crippen LogP contribution in [0.5, 0.6) is 0 Å². The van der Waals surface area contributed by atoms with E-state index in [1.165, 1.54) is 0 Å². The third kappa shape index (κ3) is 1.23. The summed E-state index contributed by atoms with van der Waals surface area (Å²) in [6.45, 7) is 1.96. The summed E-state index contributed by atoms with van der Waals surface area (Å²) < 4.78 is 0. The van der Waals surface area contributed by atoms with Gasteiger partial charge in [0.15, 0.2) is 0 Å². The highest BCUT2D eigenvalue weighted by Crippen LogP contribution is 2.28. The van der Waals surface area contributed by atoms with Gasteiger partial charge >= 0.3 is 0 Å². The van der Waals surface area contributed by atoms with Gasteiger partial charge in [-0.1, -0.05) is 29.8 Å². The average molecular weight is 196 g/mol. The van der Waals surface area contributed by atoms with Crippen LogP contribution >= 0.6 is 11.6 Å². The highest BCUT2D eigenvalue weighted by atomic mass is 35.5. The number of halogens is 1. The lowest BCUT2D eigenvalue weighted by Gasteiger charge is -1.93. The number of hydrogen-bond donors (Lipinski definition) is 2. The Morgan fingerprint density at radius 2 is 2.23 bits per heavy atom. The van der Waals surface area contributed by atoms with Gasteiger partial charge in [0, 0.05) is 5.39 Å². The molecule has 68 valence electrons. The molecule has 2 N–H and O–H groups in total. The van der Waals surface area contributed by atoms with Crippen LogP contribution in [0.25, 0.3) is 10.9 Å². The molecule has 0 saturated carbocycles. The van der Waals surface area contributed by atoms with Gasteiger partial charge in [0.05, 0.1) is 22.8 Å². The van der Waals surface area contributed by atoms with Gasteiger partial charge in [-0.05, 0) is 12.5 Å². The first kappa shape index (κ1) is 8.60. The molecule has 13 heavy (non-hydrogen) atoms. The van der Waals surface area contributed by atoms with Crippen molar-refractivity contribution in [2.24, 2.45) is 0 Å². The van der Waals surface area contributed by atoms with E-state index in [9.17, 15) is 0 Å². The van der Waals surface area contributed by atoms with Crippen LogP contribution in [-0.4, -0.2) is 10.1 Å². The molecule has 0 radical (unpaired) electrons. The summed E-state index contributed by atoms with van der Waals surface area (Å²) in [5, 5.41) is 10.6. The third-order valence-electron chi connectivity index (χ3n) is 2.21. The number of aromatic amines is 1. The minimum Gasteiger partial charge on any atom is -0.390 e. The number of aliphatic hydroxyl groups is 1. The Bertz CT molecular complexity index is 447. The predicted octanol–water partition coefficient (Wildman–Crippen LogP) is 2.62. The van der Waals surface area contributed by atoms with Crippen molar-refractivity contribution in [2.45, 2.75) is 13.5 Å². The van der Waals surface area contributed by atoms with Crippen molar-refractivity contribution in [3.63, 3.8) is 0 Å². The number of aryl methyl sites for hydroxylation is 1. The van der Waals surface area contributed by atoms with Crippen LogP contribution in [0.2, 0.25) is 5.02 Å². The zero-order chi connectivity index (χ0) is 9.42. The van der Waals surface area contributed by atoms with Crippen molar-refractivity contribution in [1.82, 2.24) is 4.98 Å². The molecule has 0 aliphatic heterocycles. The summed E-state index contributed by atoms with van der Waals surface area (Å²) in [6.07, 6.45) is 0. The number of rotatable bonds is 1. The number of fused-ring (bicyclic) bond motifs is 1. The van der Waals surface area contributed by atoms with Gasteiger partial charge in [-0.25, -0.2) is 0 Å². The Morgan fingerprint density at radius 1 is 1.46 bits per heavy atom. The van der Waals surface area contributed by atoms with Crippen LogP contribution in [0, 0.1) is 6.92 Å². The quantitative estimate of drug-likeness (QED) is 0.721. The van der Waals surface area contributed by atoms with Crippen molar-refractivity contribution in [3.8, 4) is 0 Å². The highest BCUT2D eigenvalue weighted by molar-refractivity contribution is 6.36. The van der Waals surface area contributed by atoms with Gasteiger partial charge in [0.25, 0.3) is 0 Å². The maximum atomic E-state index is 8.99. The van der Waals surface area contributed by atoms with E-state index in [4.69, 9.17) is 16.7 Å². The molecule has 0 unspecified atom stereocenters. The summed E-state index contributed by atoms with van der Waals surface area (Å²) in [5.74, 6) is 0. The molecule has 0 aliphatic carbocycles. The second kappa shape index (κ2) is 3.05. The maximum absolute atomic E-state index is 8.99. The number of aromatic nitrogens is 1. The minimum atomic E-state index is -0.0487. The Hall–Kier alpha value is -0.990.